The van der Waals surface area contributed by atoms with Gasteiger partial charge in [-0.25, -0.2) is 0 Å². The Hall–Kier alpha value is -0.120. The van der Waals surface area contributed by atoms with Crippen LogP contribution >= 0.6 is 24.0 Å². The highest BCUT2D eigenvalue weighted by atomic mass is 127. The van der Waals surface area contributed by atoms with E-state index in [-0.39, 0.29) is 30.1 Å². The molecule has 22 heavy (non-hydrogen) atoms. The van der Waals surface area contributed by atoms with E-state index in [1.165, 1.54) is 12.8 Å². The maximum atomic E-state index is 5.66. The number of hydrogen-bond donors (Lipinski definition) is 1. The van der Waals surface area contributed by atoms with Gasteiger partial charge in [0.05, 0.1) is 33.0 Å². The molecule has 0 amide bonds. The predicted octanol–water partition coefficient (Wildman–Crippen LogP) is 1.10. The summed E-state index contributed by atoms with van der Waals surface area (Å²) in [5.74, 6) is 1.01. The fourth-order valence-electron chi connectivity index (χ4n) is 3.34. The first-order valence-corrected chi connectivity index (χ1v) is 8.12. The third kappa shape index (κ3) is 4.46. The molecule has 3 saturated heterocycles. The molecule has 0 aromatic heterocycles. The molecule has 0 saturated carbocycles. The lowest BCUT2D eigenvalue weighted by atomic mass is 9.87. The van der Waals surface area contributed by atoms with E-state index >= 15 is 0 Å². The van der Waals surface area contributed by atoms with Crippen molar-refractivity contribution in [3.05, 3.63) is 0 Å². The van der Waals surface area contributed by atoms with Crippen LogP contribution in [0.25, 0.3) is 0 Å². The second-order valence-electron chi connectivity index (χ2n) is 6.24. The van der Waals surface area contributed by atoms with Crippen molar-refractivity contribution < 1.29 is 14.2 Å². The number of aliphatic imine (C=N–C) groups is 1. The predicted molar refractivity (Wildman–Crippen MR) is 96.0 cm³/mol. The Morgan fingerprint density at radius 1 is 1.27 bits per heavy atom. The summed E-state index contributed by atoms with van der Waals surface area (Å²) in [7, 11) is 0. The zero-order chi connectivity index (χ0) is 14.5. The summed E-state index contributed by atoms with van der Waals surface area (Å²) in [4.78, 5) is 7.14. The quantitative estimate of drug-likeness (QED) is 0.417. The van der Waals surface area contributed by atoms with E-state index in [1.54, 1.807) is 0 Å². The summed E-state index contributed by atoms with van der Waals surface area (Å²) in [5, 5.41) is 3.41. The molecule has 3 rings (SSSR count). The molecule has 1 N–H and O–H groups in total. The maximum absolute atomic E-state index is 5.66. The van der Waals surface area contributed by atoms with Gasteiger partial charge in [-0.3, -0.25) is 4.99 Å². The number of rotatable bonds is 3. The minimum atomic E-state index is 0. The zero-order valence-electron chi connectivity index (χ0n) is 13.4. The fraction of sp³-hybridized carbons (Fsp3) is 0.933. The molecule has 0 bridgehead atoms. The molecular formula is C15H28IN3O3. The Kier molecular flexibility index (Phi) is 7.17. The van der Waals surface area contributed by atoms with Gasteiger partial charge in [0, 0.05) is 31.7 Å². The zero-order valence-corrected chi connectivity index (χ0v) is 15.7. The molecule has 3 aliphatic rings. The molecule has 1 spiro atoms. The van der Waals surface area contributed by atoms with Crippen LogP contribution in [0.15, 0.2) is 4.99 Å². The first-order valence-electron chi connectivity index (χ1n) is 8.12. The molecule has 7 heteroatoms. The van der Waals surface area contributed by atoms with E-state index in [1.807, 2.05) is 0 Å². The average molecular weight is 425 g/mol. The van der Waals surface area contributed by atoms with Crippen LogP contribution in [0.4, 0.5) is 0 Å². The average Bonchev–Trinajstić information content (AvgIpc) is 3.15. The third-order valence-electron chi connectivity index (χ3n) is 4.59. The molecule has 128 valence electrons. The van der Waals surface area contributed by atoms with Crippen molar-refractivity contribution in [1.82, 2.24) is 10.2 Å². The monoisotopic (exact) mass is 425 g/mol. The second kappa shape index (κ2) is 8.65. The Morgan fingerprint density at radius 3 is 2.86 bits per heavy atom. The highest BCUT2D eigenvalue weighted by Crippen LogP contribution is 2.38. The standard InChI is InChI=1S/C15H27N3O3.HI/c1-2-16-14(17-9-13-10-19-7-8-21-13)18-5-3-15(11-18)4-6-20-12-15;/h13H,2-12H2,1H3,(H,16,17);1H. The molecule has 3 fully saturated rings. The summed E-state index contributed by atoms with van der Waals surface area (Å²) in [6.07, 6.45) is 2.49. The molecule has 2 unspecified atom stereocenters. The Bertz CT molecular complexity index is 369. The summed E-state index contributed by atoms with van der Waals surface area (Å²) in [5.41, 5.74) is 0.362. The number of halogens is 1. The molecule has 0 aromatic carbocycles. The van der Waals surface area contributed by atoms with Crippen molar-refractivity contribution in [3.8, 4) is 0 Å². The van der Waals surface area contributed by atoms with Gasteiger partial charge in [-0.1, -0.05) is 0 Å². The number of nitrogens with zero attached hydrogens (tertiary/aromatic N) is 2. The van der Waals surface area contributed by atoms with E-state index in [0.29, 0.717) is 31.8 Å². The van der Waals surface area contributed by atoms with Crippen molar-refractivity contribution in [2.75, 3.05) is 59.2 Å². The summed E-state index contributed by atoms with van der Waals surface area (Å²) in [6, 6.07) is 0. The van der Waals surface area contributed by atoms with E-state index in [9.17, 15) is 0 Å². The molecule has 3 heterocycles. The number of hydrogen-bond acceptors (Lipinski definition) is 4. The van der Waals surface area contributed by atoms with Gasteiger partial charge in [0.2, 0.25) is 0 Å². The van der Waals surface area contributed by atoms with E-state index in [0.717, 1.165) is 38.8 Å². The second-order valence-corrected chi connectivity index (χ2v) is 6.24. The lowest BCUT2D eigenvalue weighted by molar-refractivity contribution is -0.0833. The summed E-state index contributed by atoms with van der Waals surface area (Å²) >= 11 is 0. The number of guanidine groups is 1. The first-order chi connectivity index (χ1) is 10.3. The minimum absolute atomic E-state index is 0. The molecule has 0 radical (unpaired) electrons. The van der Waals surface area contributed by atoms with Gasteiger partial charge in [0.25, 0.3) is 0 Å². The molecule has 0 aromatic rings. The molecule has 3 aliphatic heterocycles. The van der Waals surface area contributed by atoms with Crippen LogP contribution in [0, 0.1) is 5.41 Å². The Labute approximate surface area is 150 Å². The molecule has 0 aliphatic carbocycles. The van der Waals surface area contributed by atoms with Gasteiger partial charge in [-0.2, -0.15) is 0 Å². The van der Waals surface area contributed by atoms with Crippen molar-refractivity contribution in [2.24, 2.45) is 10.4 Å². The van der Waals surface area contributed by atoms with Crippen LogP contribution in [-0.2, 0) is 14.2 Å². The van der Waals surface area contributed by atoms with Crippen molar-refractivity contribution in [3.63, 3.8) is 0 Å². The Balaban J connectivity index is 0.00000176. The van der Waals surface area contributed by atoms with Crippen LogP contribution in [0.2, 0.25) is 0 Å². The van der Waals surface area contributed by atoms with Crippen LogP contribution in [0.5, 0.6) is 0 Å². The van der Waals surface area contributed by atoms with Crippen molar-refractivity contribution >= 4 is 29.9 Å². The highest BCUT2D eigenvalue weighted by molar-refractivity contribution is 14.0. The third-order valence-corrected chi connectivity index (χ3v) is 4.59. The van der Waals surface area contributed by atoms with Gasteiger partial charge in [-0.05, 0) is 19.8 Å². The normalized spacial score (nSPS) is 32.3. The largest absolute Gasteiger partial charge is 0.381 e. The summed E-state index contributed by atoms with van der Waals surface area (Å²) < 4.78 is 16.7. The number of likely N-dealkylation sites (tertiary alicyclic amines) is 1. The van der Waals surface area contributed by atoms with Gasteiger partial charge < -0.3 is 24.4 Å². The van der Waals surface area contributed by atoms with Crippen LogP contribution in [-0.4, -0.2) is 76.2 Å². The van der Waals surface area contributed by atoms with E-state index in [2.05, 4.69) is 17.1 Å². The SMILES string of the molecule is CCNC(=NCC1COCCO1)N1CCC2(CCOC2)C1.I. The maximum Gasteiger partial charge on any atom is 0.194 e. The molecule has 2 atom stereocenters. The lowest BCUT2D eigenvalue weighted by Crippen LogP contribution is -2.42. The van der Waals surface area contributed by atoms with Gasteiger partial charge >= 0.3 is 0 Å². The van der Waals surface area contributed by atoms with Gasteiger partial charge in [0.15, 0.2) is 5.96 Å². The van der Waals surface area contributed by atoms with Crippen LogP contribution in [0.3, 0.4) is 0 Å². The number of nitrogens with one attached hydrogen (secondary N) is 1. The first kappa shape index (κ1) is 18.2. The molecular weight excluding hydrogens is 397 g/mol. The van der Waals surface area contributed by atoms with Gasteiger partial charge in [0.1, 0.15) is 6.10 Å². The lowest BCUT2D eigenvalue weighted by Gasteiger charge is -2.26. The summed E-state index contributed by atoms with van der Waals surface area (Å²) in [6.45, 7) is 9.65. The van der Waals surface area contributed by atoms with Crippen molar-refractivity contribution in [1.29, 1.82) is 0 Å². The number of ether oxygens (including phenoxy) is 3. The highest BCUT2D eigenvalue weighted by Gasteiger charge is 2.42. The van der Waals surface area contributed by atoms with Crippen LogP contribution < -0.4 is 5.32 Å². The smallest absolute Gasteiger partial charge is 0.194 e. The topological polar surface area (TPSA) is 55.3 Å². The molecule has 6 nitrogen and oxygen atoms in total. The Morgan fingerprint density at radius 2 is 2.18 bits per heavy atom. The van der Waals surface area contributed by atoms with Gasteiger partial charge in [-0.15, -0.1) is 24.0 Å². The van der Waals surface area contributed by atoms with E-state index < -0.39 is 0 Å². The van der Waals surface area contributed by atoms with Crippen LogP contribution in [0.1, 0.15) is 19.8 Å². The van der Waals surface area contributed by atoms with E-state index in [4.69, 9.17) is 19.2 Å². The minimum Gasteiger partial charge on any atom is -0.381 e. The fourth-order valence-corrected chi connectivity index (χ4v) is 3.34. The van der Waals surface area contributed by atoms with Crippen molar-refractivity contribution in [2.45, 2.75) is 25.9 Å².